The van der Waals surface area contributed by atoms with E-state index in [1.807, 2.05) is 54.6 Å². The van der Waals surface area contributed by atoms with Crippen LogP contribution in [0, 0.1) is 0 Å². The molecule has 0 atom stereocenters. The summed E-state index contributed by atoms with van der Waals surface area (Å²) in [6.45, 7) is 3.10. The van der Waals surface area contributed by atoms with Gasteiger partial charge < -0.3 is 15.0 Å². The summed E-state index contributed by atoms with van der Waals surface area (Å²) in [7, 11) is 0. The summed E-state index contributed by atoms with van der Waals surface area (Å²) < 4.78 is 5.75. The van der Waals surface area contributed by atoms with Gasteiger partial charge in [-0.2, -0.15) is 0 Å². The van der Waals surface area contributed by atoms with Crippen LogP contribution in [0.5, 0.6) is 11.5 Å². The van der Waals surface area contributed by atoms with E-state index in [0.717, 1.165) is 36.8 Å². The highest BCUT2D eigenvalue weighted by molar-refractivity contribution is 5.90. The Morgan fingerprint density at radius 2 is 1.58 bits per heavy atom. The molecule has 4 heteroatoms. The molecular weight excluding hydrogens is 300 g/mol. The predicted octanol–water partition coefficient (Wildman–Crippen LogP) is 4.29. The van der Waals surface area contributed by atoms with E-state index in [2.05, 4.69) is 10.2 Å². The van der Waals surface area contributed by atoms with Gasteiger partial charge in [-0.1, -0.05) is 24.6 Å². The standard InChI is InChI=1S/C20H24N2O2/c23-20(13-16-22-14-5-2-6-15-22)21-17-9-11-19(12-10-17)24-18-7-3-1-4-8-18/h1,3-4,7-12H,2,5-6,13-16H2,(H,21,23). The second-order valence-corrected chi connectivity index (χ2v) is 6.14. The van der Waals surface area contributed by atoms with Crippen LogP contribution in [-0.4, -0.2) is 30.4 Å². The third-order valence-electron chi connectivity index (χ3n) is 4.22. The molecule has 1 amide bonds. The topological polar surface area (TPSA) is 41.6 Å². The molecule has 1 heterocycles. The molecule has 0 unspecified atom stereocenters. The lowest BCUT2D eigenvalue weighted by Gasteiger charge is -2.25. The average Bonchev–Trinajstić information content (AvgIpc) is 2.63. The van der Waals surface area contributed by atoms with Crippen LogP contribution in [0.15, 0.2) is 54.6 Å². The second-order valence-electron chi connectivity index (χ2n) is 6.14. The first kappa shape index (κ1) is 16.5. The molecule has 0 spiro atoms. The molecule has 3 rings (SSSR count). The molecule has 4 nitrogen and oxygen atoms in total. The highest BCUT2D eigenvalue weighted by atomic mass is 16.5. The van der Waals surface area contributed by atoms with E-state index in [0.29, 0.717) is 6.42 Å². The first-order chi connectivity index (χ1) is 11.8. The molecule has 1 N–H and O–H groups in total. The van der Waals surface area contributed by atoms with Crippen LogP contribution < -0.4 is 10.1 Å². The monoisotopic (exact) mass is 324 g/mol. The number of rotatable bonds is 6. The number of likely N-dealkylation sites (tertiary alicyclic amines) is 1. The fourth-order valence-corrected chi connectivity index (χ4v) is 2.90. The molecule has 126 valence electrons. The molecule has 1 saturated heterocycles. The zero-order valence-electron chi connectivity index (χ0n) is 13.9. The van der Waals surface area contributed by atoms with Crippen molar-refractivity contribution in [3.05, 3.63) is 54.6 Å². The molecule has 1 aliphatic heterocycles. The van der Waals surface area contributed by atoms with Crippen LogP contribution in [0.2, 0.25) is 0 Å². The van der Waals surface area contributed by atoms with Crippen LogP contribution in [0.25, 0.3) is 0 Å². The van der Waals surface area contributed by atoms with Gasteiger partial charge in [-0.15, -0.1) is 0 Å². The third-order valence-corrected chi connectivity index (χ3v) is 4.22. The summed E-state index contributed by atoms with van der Waals surface area (Å²) in [6.07, 6.45) is 4.37. The van der Waals surface area contributed by atoms with Gasteiger partial charge in [0.05, 0.1) is 0 Å². The Labute approximate surface area is 143 Å². The van der Waals surface area contributed by atoms with E-state index in [4.69, 9.17) is 4.74 Å². The SMILES string of the molecule is O=C(CCN1CCCCC1)Nc1ccc(Oc2ccccc2)cc1. The maximum atomic E-state index is 12.1. The van der Waals surface area contributed by atoms with Crippen LogP contribution in [0.3, 0.4) is 0 Å². The summed E-state index contributed by atoms with van der Waals surface area (Å²) in [5.41, 5.74) is 0.805. The summed E-state index contributed by atoms with van der Waals surface area (Å²) in [5.74, 6) is 1.63. The number of piperidine rings is 1. The van der Waals surface area contributed by atoms with Gasteiger partial charge in [-0.05, 0) is 62.3 Å². The van der Waals surface area contributed by atoms with Crippen LogP contribution in [-0.2, 0) is 4.79 Å². The number of amides is 1. The maximum absolute atomic E-state index is 12.1. The van der Waals surface area contributed by atoms with Crippen molar-refractivity contribution in [1.29, 1.82) is 0 Å². The molecular formula is C20H24N2O2. The fourth-order valence-electron chi connectivity index (χ4n) is 2.90. The second kappa shape index (κ2) is 8.50. The Hall–Kier alpha value is -2.33. The minimum absolute atomic E-state index is 0.0669. The molecule has 0 aliphatic carbocycles. The Morgan fingerprint density at radius 3 is 2.29 bits per heavy atom. The van der Waals surface area contributed by atoms with E-state index in [1.165, 1.54) is 19.3 Å². The number of anilines is 1. The number of benzene rings is 2. The summed E-state index contributed by atoms with van der Waals surface area (Å²) >= 11 is 0. The van der Waals surface area contributed by atoms with Gasteiger partial charge in [0, 0.05) is 18.7 Å². The zero-order valence-corrected chi connectivity index (χ0v) is 13.9. The van der Waals surface area contributed by atoms with Crippen LogP contribution in [0.4, 0.5) is 5.69 Å². The maximum Gasteiger partial charge on any atom is 0.225 e. The van der Waals surface area contributed by atoms with Crippen molar-refractivity contribution in [2.75, 3.05) is 25.0 Å². The first-order valence-corrected chi connectivity index (χ1v) is 8.65. The molecule has 0 bridgehead atoms. The number of ether oxygens (including phenoxy) is 1. The summed E-state index contributed by atoms with van der Waals surface area (Å²) in [5, 5.41) is 2.95. The van der Waals surface area contributed by atoms with Gasteiger partial charge in [0.25, 0.3) is 0 Å². The largest absolute Gasteiger partial charge is 0.457 e. The lowest BCUT2D eigenvalue weighted by Crippen LogP contribution is -2.32. The normalized spacial score (nSPS) is 15.0. The number of hydrogen-bond donors (Lipinski definition) is 1. The quantitative estimate of drug-likeness (QED) is 0.861. The molecule has 0 radical (unpaired) electrons. The van der Waals surface area contributed by atoms with Gasteiger partial charge in [-0.25, -0.2) is 0 Å². The van der Waals surface area contributed by atoms with Gasteiger partial charge >= 0.3 is 0 Å². The molecule has 2 aromatic rings. The molecule has 1 aliphatic rings. The minimum Gasteiger partial charge on any atom is -0.457 e. The Morgan fingerprint density at radius 1 is 0.917 bits per heavy atom. The van der Waals surface area contributed by atoms with Crippen molar-refractivity contribution < 1.29 is 9.53 Å². The van der Waals surface area contributed by atoms with Crippen molar-refractivity contribution >= 4 is 11.6 Å². The highest BCUT2D eigenvalue weighted by Gasteiger charge is 2.11. The number of carbonyl (C=O) groups excluding carboxylic acids is 1. The van der Waals surface area contributed by atoms with Crippen LogP contribution in [0.1, 0.15) is 25.7 Å². The first-order valence-electron chi connectivity index (χ1n) is 8.65. The van der Waals surface area contributed by atoms with E-state index in [9.17, 15) is 4.79 Å². The number of para-hydroxylation sites is 1. The summed E-state index contributed by atoms with van der Waals surface area (Å²) in [4.78, 5) is 14.4. The van der Waals surface area contributed by atoms with Crippen LogP contribution >= 0.6 is 0 Å². The molecule has 0 aromatic heterocycles. The minimum atomic E-state index is 0.0669. The lowest BCUT2D eigenvalue weighted by molar-refractivity contribution is -0.116. The number of nitrogens with one attached hydrogen (secondary N) is 1. The number of hydrogen-bond acceptors (Lipinski definition) is 3. The number of carbonyl (C=O) groups is 1. The summed E-state index contributed by atoms with van der Waals surface area (Å²) in [6, 6.07) is 17.1. The van der Waals surface area contributed by atoms with Gasteiger partial charge in [-0.3, -0.25) is 4.79 Å². The van der Waals surface area contributed by atoms with Crippen molar-refractivity contribution in [3.63, 3.8) is 0 Å². The Bertz CT molecular complexity index is 634. The van der Waals surface area contributed by atoms with Crippen molar-refractivity contribution in [1.82, 2.24) is 4.90 Å². The average molecular weight is 324 g/mol. The third kappa shape index (κ3) is 5.10. The Balaban J connectivity index is 1.45. The molecule has 0 saturated carbocycles. The van der Waals surface area contributed by atoms with E-state index >= 15 is 0 Å². The lowest BCUT2D eigenvalue weighted by atomic mass is 10.1. The molecule has 24 heavy (non-hydrogen) atoms. The molecule has 2 aromatic carbocycles. The molecule has 1 fully saturated rings. The van der Waals surface area contributed by atoms with Gasteiger partial charge in [0.2, 0.25) is 5.91 Å². The van der Waals surface area contributed by atoms with E-state index < -0.39 is 0 Å². The van der Waals surface area contributed by atoms with E-state index in [-0.39, 0.29) is 5.91 Å². The Kier molecular flexibility index (Phi) is 5.85. The smallest absolute Gasteiger partial charge is 0.225 e. The fraction of sp³-hybridized carbons (Fsp3) is 0.350. The van der Waals surface area contributed by atoms with Crippen molar-refractivity contribution in [2.45, 2.75) is 25.7 Å². The van der Waals surface area contributed by atoms with E-state index in [1.54, 1.807) is 0 Å². The number of nitrogens with zero attached hydrogens (tertiary/aromatic N) is 1. The highest BCUT2D eigenvalue weighted by Crippen LogP contribution is 2.22. The van der Waals surface area contributed by atoms with Crippen molar-refractivity contribution in [2.24, 2.45) is 0 Å². The van der Waals surface area contributed by atoms with Gasteiger partial charge in [0.1, 0.15) is 11.5 Å². The van der Waals surface area contributed by atoms with Gasteiger partial charge in [0.15, 0.2) is 0 Å². The zero-order chi connectivity index (χ0) is 16.6. The van der Waals surface area contributed by atoms with Crippen molar-refractivity contribution in [3.8, 4) is 11.5 Å². The predicted molar refractivity (Wildman–Crippen MR) is 96.5 cm³/mol.